The highest BCUT2D eigenvalue weighted by atomic mass is 79.9. The molecule has 0 unspecified atom stereocenters. The fourth-order valence-corrected chi connectivity index (χ4v) is 3.07. The van der Waals surface area contributed by atoms with Crippen LogP contribution in [0.15, 0.2) is 46.9 Å². The molecule has 0 bridgehead atoms. The number of imidazole rings is 1. The molecule has 1 heterocycles. The lowest BCUT2D eigenvalue weighted by Crippen LogP contribution is -2.02. The molecule has 0 spiro atoms. The van der Waals surface area contributed by atoms with E-state index in [1.165, 1.54) is 5.56 Å². The lowest BCUT2D eigenvalue weighted by atomic mass is 10.2. The molecule has 20 heavy (non-hydrogen) atoms. The van der Waals surface area contributed by atoms with Crippen LogP contribution in [0.25, 0.3) is 16.7 Å². The molecular formula is C16H14BrClN2. The molecule has 3 rings (SSSR count). The van der Waals surface area contributed by atoms with Gasteiger partial charge in [0, 0.05) is 16.8 Å². The number of hydrogen-bond donors (Lipinski definition) is 0. The van der Waals surface area contributed by atoms with Gasteiger partial charge in [-0.05, 0) is 46.6 Å². The van der Waals surface area contributed by atoms with Crippen LogP contribution in [0.3, 0.4) is 0 Å². The van der Waals surface area contributed by atoms with E-state index in [9.17, 15) is 0 Å². The Hall–Kier alpha value is -1.32. The van der Waals surface area contributed by atoms with Gasteiger partial charge >= 0.3 is 0 Å². The highest BCUT2D eigenvalue weighted by molar-refractivity contribution is 9.10. The van der Waals surface area contributed by atoms with Gasteiger partial charge in [0.15, 0.2) is 0 Å². The molecule has 0 saturated heterocycles. The first-order chi connectivity index (χ1) is 9.72. The zero-order chi connectivity index (χ0) is 14.1. The van der Waals surface area contributed by atoms with Crippen LogP contribution in [0.1, 0.15) is 11.4 Å². The maximum absolute atomic E-state index is 5.94. The van der Waals surface area contributed by atoms with Crippen molar-refractivity contribution >= 4 is 38.6 Å². The molecule has 0 radical (unpaired) electrons. The van der Waals surface area contributed by atoms with Crippen LogP contribution in [0.5, 0.6) is 0 Å². The number of aryl methyl sites for hydroxylation is 2. The summed E-state index contributed by atoms with van der Waals surface area (Å²) in [7, 11) is 0. The summed E-state index contributed by atoms with van der Waals surface area (Å²) in [6.07, 6.45) is 0.747. The van der Waals surface area contributed by atoms with Gasteiger partial charge in [0.05, 0.1) is 16.7 Å². The van der Waals surface area contributed by atoms with Crippen LogP contribution < -0.4 is 0 Å². The molecule has 0 fully saturated rings. The summed E-state index contributed by atoms with van der Waals surface area (Å²) >= 11 is 9.56. The van der Waals surface area contributed by atoms with Gasteiger partial charge in [-0.25, -0.2) is 4.98 Å². The van der Waals surface area contributed by atoms with Gasteiger partial charge in [-0.15, -0.1) is 11.6 Å². The van der Waals surface area contributed by atoms with E-state index in [2.05, 4.69) is 51.7 Å². The quantitative estimate of drug-likeness (QED) is 0.616. The molecule has 0 aliphatic carbocycles. The fourth-order valence-electron chi connectivity index (χ4n) is 2.44. The molecular weight excluding hydrogens is 336 g/mol. The lowest BCUT2D eigenvalue weighted by molar-refractivity contribution is 0.909. The highest BCUT2D eigenvalue weighted by Gasteiger charge is 2.14. The zero-order valence-electron chi connectivity index (χ0n) is 11.1. The molecule has 2 aromatic carbocycles. The van der Waals surface area contributed by atoms with Crippen LogP contribution in [0.2, 0.25) is 0 Å². The van der Waals surface area contributed by atoms with Crippen molar-refractivity contribution in [2.24, 2.45) is 0 Å². The minimum atomic E-state index is 0.562. The van der Waals surface area contributed by atoms with Crippen LogP contribution in [0, 0.1) is 6.92 Å². The van der Waals surface area contributed by atoms with Crippen molar-refractivity contribution in [3.63, 3.8) is 0 Å². The van der Waals surface area contributed by atoms with Gasteiger partial charge in [0.25, 0.3) is 0 Å². The lowest BCUT2D eigenvalue weighted by Gasteiger charge is -2.10. The largest absolute Gasteiger partial charge is 0.295 e. The second kappa shape index (κ2) is 5.58. The second-order valence-electron chi connectivity index (χ2n) is 4.70. The van der Waals surface area contributed by atoms with Crippen molar-refractivity contribution in [2.45, 2.75) is 13.3 Å². The predicted octanol–water partition coefficient (Wildman–Crippen LogP) is 4.88. The summed E-state index contributed by atoms with van der Waals surface area (Å²) in [4.78, 5) is 4.78. The second-order valence-corrected chi connectivity index (χ2v) is 5.93. The number of hydrogen-bond acceptors (Lipinski definition) is 1. The topological polar surface area (TPSA) is 17.8 Å². The third-order valence-electron chi connectivity index (χ3n) is 3.37. The van der Waals surface area contributed by atoms with Crippen LogP contribution >= 0.6 is 27.5 Å². The Morgan fingerprint density at radius 1 is 1.15 bits per heavy atom. The minimum Gasteiger partial charge on any atom is -0.295 e. The van der Waals surface area contributed by atoms with E-state index >= 15 is 0 Å². The molecule has 1 aromatic heterocycles. The Morgan fingerprint density at radius 3 is 2.70 bits per heavy atom. The third kappa shape index (κ3) is 2.25. The monoisotopic (exact) mass is 348 g/mol. The van der Waals surface area contributed by atoms with Crippen molar-refractivity contribution in [1.82, 2.24) is 9.55 Å². The van der Waals surface area contributed by atoms with E-state index in [4.69, 9.17) is 16.6 Å². The predicted molar refractivity (Wildman–Crippen MR) is 87.9 cm³/mol. The summed E-state index contributed by atoms with van der Waals surface area (Å²) in [5.41, 5.74) is 4.45. The summed E-state index contributed by atoms with van der Waals surface area (Å²) in [6.45, 7) is 2.09. The normalized spacial score (nSPS) is 11.2. The van der Waals surface area contributed by atoms with Gasteiger partial charge in [-0.2, -0.15) is 0 Å². The van der Waals surface area contributed by atoms with E-state index in [1.54, 1.807) is 0 Å². The molecule has 0 N–H and O–H groups in total. The molecule has 0 aliphatic rings. The average Bonchev–Trinajstić information content (AvgIpc) is 2.80. The number of rotatable bonds is 3. The molecule has 0 atom stereocenters. The van der Waals surface area contributed by atoms with Crippen molar-refractivity contribution in [3.8, 4) is 5.69 Å². The van der Waals surface area contributed by atoms with Crippen molar-refractivity contribution in [1.29, 1.82) is 0 Å². The van der Waals surface area contributed by atoms with Crippen LogP contribution in [-0.4, -0.2) is 15.4 Å². The standard InChI is InChI=1S/C16H14BrClN2/c1-11-5-4-8-14-16(11)19-15(9-10-18)20(14)13-7-3-2-6-12(13)17/h2-8H,9-10H2,1H3. The number of benzene rings is 2. The van der Waals surface area contributed by atoms with Crippen LogP contribution in [0.4, 0.5) is 0 Å². The Morgan fingerprint density at radius 2 is 1.95 bits per heavy atom. The number of aromatic nitrogens is 2. The summed E-state index contributed by atoms with van der Waals surface area (Å²) in [5, 5.41) is 0. The molecule has 102 valence electrons. The fraction of sp³-hybridized carbons (Fsp3) is 0.188. The first-order valence-corrected chi connectivity index (χ1v) is 7.83. The first kappa shape index (κ1) is 13.7. The van der Waals surface area contributed by atoms with E-state index in [1.807, 2.05) is 18.2 Å². The number of alkyl halides is 1. The minimum absolute atomic E-state index is 0.562. The third-order valence-corrected chi connectivity index (χ3v) is 4.23. The first-order valence-electron chi connectivity index (χ1n) is 6.50. The van der Waals surface area contributed by atoms with Crippen molar-refractivity contribution in [3.05, 3.63) is 58.3 Å². The molecule has 2 nitrogen and oxygen atoms in total. The Labute approximate surface area is 131 Å². The molecule has 0 aliphatic heterocycles. The zero-order valence-corrected chi connectivity index (χ0v) is 13.4. The summed E-state index contributed by atoms with van der Waals surface area (Å²) in [6, 6.07) is 14.4. The van der Waals surface area contributed by atoms with Gasteiger partial charge in [0.1, 0.15) is 5.82 Å². The maximum Gasteiger partial charge on any atom is 0.115 e. The van der Waals surface area contributed by atoms with Gasteiger partial charge in [-0.1, -0.05) is 24.3 Å². The van der Waals surface area contributed by atoms with E-state index in [-0.39, 0.29) is 0 Å². The summed E-state index contributed by atoms with van der Waals surface area (Å²) in [5.74, 6) is 1.56. The van der Waals surface area contributed by atoms with E-state index in [0.717, 1.165) is 33.4 Å². The molecule has 3 aromatic rings. The molecule has 0 amide bonds. The molecule has 0 saturated carbocycles. The SMILES string of the molecule is Cc1cccc2c1nc(CCCl)n2-c1ccccc1Br. The highest BCUT2D eigenvalue weighted by Crippen LogP contribution is 2.28. The number of para-hydroxylation sites is 2. The smallest absolute Gasteiger partial charge is 0.115 e. The van der Waals surface area contributed by atoms with Gasteiger partial charge in [-0.3, -0.25) is 4.57 Å². The average molecular weight is 350 g/mol. The van der Waals surface area contributed by atoms with Crippen molar-refractivity contribution in [2.75, 3.05) is 5.88 Å². The Kier molecular flexibility index (Phi) is 3.81. The Bertz CT molecular complexity index is 764. The molecule has 4 heteroatoms. The maximum atomic E-state index is 5.94. The number of fused-ring (bicyclic) bond motifs is 1. The summed E-state index contributed by atoms with van der Waals surface area (Å²) < 4.78 is 3.24. The van der Waals surface area contributed by atoms with Crippen molar-refractivity contribution < 1.29 is 0 Å². The van der Waals surface area contributed by atoms with Crippen LogP contribution in [-0.2, 0) is 6.42 Å². The van der Waals surface area contributed by atoms with E-state index < -0.39 is 0 Å². The van der Waals surface area contributed by atoms with E-state index in [0.29, 0.717) is 5.88 Å². The number of halogens is 2. The van der Waals surface area contributed by atoms with Gasteiger partial charge in [0.2, 0.25) is 0 Å². The number of nitrogens with zero attached hydrogens (tertiary/aromatic N) is 2. The van der Waals surface area contributed by atoms with Gasteiger partial charge < -0.3 is 0 Å². The Balaban J connectivity index is 2.35.